The van der Waals surface area contributed by atoms with Crippen LogP contribution in [0, 0.1) is 0 Å². The van der Waals surface area contributed by atoms with E-state index in [0.29, 0.717) is 6.54 Å². The number of hydrogen-bond acceptors (Lipinski definition) is 3. The van der Waals surface area contributed by atoms with Crippen LogP contribution in [0.2, 0.25) is 18.1 Å². The lowest BCUT2D eigenvalue weighted by atomic mass is 10.2. The SMILES string of the molecule is C=CCOC(=O)N1C[C@H](O[Si](C)(C)C(C)(C)C)C[C@H]1CI. The van der Waals surface area contributed by atoms with Crippen LogP contribution < -0.4 is 0 Å². The maximum Gasteiger partial charge on any atom is 0.410 e. The lowest BCUT2D eigenvalue weighted by molar-refractivity contribution is 0.106. The van der Waals surface area contributed by atoms with Crippen molar-refractivity contribution in [1.29, 1.82) is 0 Å². The molecule has 0 unspecified atom stereocenters. The summed E-state index contributed by atoms with van der Waals surface area (Å²) in [5.41, 5.74) is 0. The maximum atomic E-state index is 12.1. The molecule has 6 heteroatoms. The molecule has 0 bridgehead atoms. The van der Waals surface area contributed by atoms with Gasteiger partial charge in [0.2, 0.25) is 0 Å². The van der Waals surface area contributed by atoms with Gasteiger partial charge in [-0.1, -0.05) is 56.0 Å². The Hall–Kier alpha value is -0.0831. The number of ether oxygens (including phenoxy) is 1. The van der Waals surface area contributed by atoms with Crippen LogP contribution in [0.15, 0.2) is 12.7 Å². The fraction of sp³-hybridized carbons (Fsp3) is 0.800. The van der Waals surface area contributed by atoms with Crippen LogP contribution in [-0.2, 0) is 9.16 Å². The van der Waals surface area contributed by atoms with Crippen molar-refractivity contribution in [1.82, 2.24) is 4.90 Å². The Morgan fingerprint density at radius 1 is 1.48 bits per heavy atom. The van der Waals surface area contributed by atoms with E-state index in [0.717, 1.165) is 10.8 Å². The minimum atomic E-state index is -1.80. The van der Waals surface area contributed by atoms with Crippen molar-refractivity contribution in [3.8, 4) is 0 Å². The zero-order valence-electron chi connectivity index (χ0n) is 13.8. The highest BCUT2D eigenvalue weighted by Crippen LogP contribution is 2.39. The minimum Gasteiger partial charge on any atom is -0.445 e. The third-order valence-corrected chi connectivity index (χ3v) is 9.93. The molecule has 1 heterocycles. The summed E-state index contributed by atoms with van der Waals surface area (Å²) in [7, 11) is -1.80. The molecule has 1 rings (SSSR count). The van der Waals surface area contributed by atoms with E-state index >= 15 is 0 Å². The summed E-state index contributed by atoms with van der Waals surface area (Å²) < 4.78 is 12.5. The third-order valence-electron chi connectivity index (χ3n) is 4.38. The predicted molar refractivity (Wildman–Crippen MR) is 97.6 cm³/mol. The second kappa shape index (κ2) is 7.46. The number of carbonyl (C=O) groups excluding carboxylic acids is 1. The Balaban J connectivity index is 2.69. The van der Waals surface area contributed by atoms with E-state index in [4.69, 9.17) is 9.16 Å². The van der Waals surface area contributed by atoms with Crippen molar-refractivity contribution in [3.63, 3.8) is 0 Å². The number of alkyl halides is 1. The van der Waals surface area contributed by atoms with Crippen molar-refractivity contribution < 1.29 is 14.0 Å². The average molecular weight is 425 g/mol. The van der Waals surface area contributed by atoms with Crippen molar-refractivity contribution in [2.24, 2.45) is 0 Å². The van der Waals surface area contributed by atoms with Crippen molar-refractivity contribution in [2.75, 3.05) is 17.6 Å². The summed E-state index contributed by atoms with van der Waals surface area (Å²) >= 11 is 2.33. The van der Waals surface area contributed by atoms with Crippen LogP contribution in [0.25, 0.3) is 0 Å². The van der Waals surface area contributed by atoms with Gasteiger partial charge in [-0.05, 0) is 24.6 Å². The molecule has 0 aliphatic carbocycles. The molecule has 0 aromatic heterocycles. The summed E-state index contributed by atoms with van der Waals surface area (Å²) in [6.07, 6.45) is 2.37. The van der Waals surface area contributed by atoms with Gasteiger partial charge in [-0.3, -0.25) is 0 Å². The lowest BCUT2D eigenvalue weighted by Crippen LogP contribution is -2.44. The molecule has 1 aliphatic heterocycles. The standard InChI is InChI=1S/C15H28INO3Si/c1-7-8-19-14(18)17-11-13(9-12(17)10-16)20-21(5,6)15(2,3)4/h7,12-13H,1,8-11H2,2-6H3/t12-,13+/m0/s1. The summed E-state index contributed by atoms with van der Waals surface area (Å²) in [4.78, 5) is 13.9. The molecule has 0 aromatic carbocycles. The highest BCUT2D eigenvalue weighted by molar-refractivity contribution is 14.1. The van der Waals surface area contributed by atoms with Crippen molar-refractivity contribution in [3.05, 3.63) is 12.7 Å². The maximum absolute atomic E-state index is 12.1. The van der Waals surface area contributed by atoms with Crippen LogP contribution in [0.1, 0.15) is 27.2 Å². The molecule has 0 radical (unpaired) electrons. The summed E-state index contributed by atoms with van der Waals surface area (Å²) in [6, 6.07) is 0.206. The van der Waals surface area contributed by atoms with Gasteiger partial charge >= 0.3 is 6.09 Å². The van der Waals surface area contributed by atoms with Gasteiger partial charge in [0.15, 0.2) is 8.32 Å². The van der Waals surface area contributed by atoms with E-state index in [1.807, 2.05) is 4.90 Å². The number of halogens is 1. The molecule has 0 saturated carbocycles. The molecular weight excluding hydrogens is 397 g/mol. The third kappa shape index (κ3) is 4.96. The number of rotatable bonds is 5. The van der Waals surface area contributed by atoms with E-state index in [1.165, 1.54) is 0 Å². The summed E-state index contributed by atoms with van der Waals surface area (Å²) in [5.74, 6) is 0. The van der Waals surface area contributed by atoms with Crippen LogP contribution in [0.3, 0.4) is 0 Å². The molecule has 122 valence electrons. The monoisotopic (exact) mass is 425 g/mol. The Morgan fingerprint density at radius 2 is 2.10 bits per heavy atom. The topological polar surface area (TPSA) is 38.8 Å². The quantitative estimate of drug-likeness (QED) is 0.287. The number of hydrogen-bond donors (Lipinski definition) is 0. The largest absolute Gasteiger partial charge is 0.445 e. The number of nitrogens with zero attached hydrogens (tertiary/aromatic N) is 1. The van der Waals surface area contributed by atoms with Crippen molar-refractivity contribution >= 4 is 37.0 Å². The fourth-order valence-corrected chi connectivity index (χ4v) is 4.33. The summed E-state index contributed by atoms with van der Waals surface area (Å²) in [6.45, 7) is 15.7. The van der Waals surface area contributed by atoms with Gasteiger partial charge in [-0.25, -0.2) is 4.79 Å². The van der Waals surface area contributed by atoms with Gasteiger partial charge in [0.1, 0.15) is 6.61 Å². The molecule has 1 saturated heterocycles. The van der Waals surface area contributed by atoms with Crippen LogP contribution in [-0.4, -0.2) is 49.0 Å². The van der Waals surface area contributed by atoms with E-state index in [2.05, 4.69) is 63.0 Å². The van der Waals surface area contributed by atoms with Gasteiger partial charge < -0.3 is 14.1 Å². The summed E-state index contributed by atoms with van der Waals surface area (Å²) in [5, 5.41) is 0.184. The molecule has 21 heavy (non-hydrogen) atoms. The Labute approximate surface area is 143 Å². The number of carbonyl (C=O) groups is 1. The van der Waals surface area contributed by atoms with Gasteiger partial charge in [0.25, 0.3) is 0 Å². The molecular formula is C15H28INO3Si. The number of likely N-dealkylation sites (tertiary alicyclic amines) is 1. The zero-order chi connectivity index (χ0) is 16.3. The van der Waals surface area contributed by atoms with Gasteiger partial charge in [0.05, 0.1) is 6.10 Å². The molecule has 4 nitrogen and oxygen atoms in total. The van der Waals surface area contributed by atoms with Crippen LogP contribution >= 0.6 is 22.6 Å². The molecule has 2 atom stereocenters. The molecule has 1 aliphatic rings. The van der Waals surface area contributed by atoms with E-state index < -0.39 is 8.32 Å². The normalized spacial score (nSPS) is 23.2. The second-order valence-corrected chi connectivity index (χ2v) is 12.7. The Bertz CT molecular complexity index is 382. The average Bonchev–Trinajstić information content (AvgIpc) is 2.76. The fourth-order valence-electron chi connectivity index (χ4n) is 2.14. The van der Waals surface area contributed by atoms with Gasteiger partial charge in [0, 0.05) is 17.0 Å². The first-order valence-electron chi connectivity index (χ1n) is 7.40. The molecule has 0 aromatic rings. The van der Waals surface area contributed by atoms with Crippen LogP contribution in [0.5, 0.6) is 0 Å². The number of amides is 1. The van der Waals surface area contributed by atoms with Crippen molar-refractivity contribution in [2.45, 2.75) is 57.5 Å². The molecule has 0 N–H and O–H groups in total. The minimum absolute atomic E-state index is 0.127. The Morgan fingerprint density at radius 3 is 2.57 bits per heavy atom. The van der Waals surface area contributed by atoms with Gasteiger partial charge in [-0.15, -0.1) is 0 Å². The smallest absolute Gasteiger partial charge is 0.410 e. The van der Waals surface area contributed by atoms with Crippen LogP contribution in [0.4, 0.5) is 4.79 Å². The zero-order valence-corrected chi connectivity index (χ0v) is 17.0. The lowest BCUT2D eigenvalue weighted by Gasteiger charge is -2.38. The second-order valence-electron chi connectivity index (χ2n) is 7.06. The molecule has 1 amide bonds. The Kier molecular flexibility index (Phi) is 6.73. The first-order valence-corrected chi connectivity index (χ1v) is 11.8. The molecule has 0 spiro atoms. The van der Waals surface area contributed by atoms with E-state index in [9.17, 15) is 4.79 Å². The first kappa shape index (κ1) is 19.0. The highest BCUT2D eigenvalue weighted by Gasteiger charge is 2.43. The first-order chi connectivity index (χ1) is 9.62. The predicted octanol–water partition coefficient (Wildman–Crippen LogP) is 4.21. The van der Waals surface area contributed by atoms with E-state index in [-0.39, 0.29) is 29.9 Å². The molecule has 1 fully saturated rings. The highest BCUT2D eigenvalue weighted by atomic mass is 127. The van der Waals surface area contributed by atoms with E-state index in [1.54, 1.807) is 6.08 Å². The van der Waals surface area contributed by atoms with Gasteiger partial charge in [-0.2, -0.15) is 0 Å².